The molecule has 0 aromatic heterocycles. The molecule has 0 atom stereocenters. The predicted octanol–water partition coefficient (Wildman–Crippen LogP) is 8.86. The van der Waals surface area contributed by atoms with Gasteiger partial charge in [0.15, 0.2) is 0 Å². The standard InChI is InChI=1S/C50H52N6O8/c57-47(55-61)17-5-1-3-11-31-63-45-29-27-43(39-13-7-9-15-41(39)45)49(59)53-51-33-35-19-23-37(24-20-35)38-25-21-36(22-26-38)34-52-54-50(60)44-28-30-46(42-16-10-8-14-40(42)44)64-32-12-4-2-6-18-48(58)56-62/h7-10,13-16,19-30,33-34,61-62H,1-6,11-12,17-18,31-32H2,(H,53,59)(H,54,60)(H,55,57)(H,56,58)/b51-33+,52-34+. The Morgan fingerprint density at radius 1 is 0.453 bits per heavy atom. The van der Waals surface area contributed by atoms with E-state index in [2.05, 4.69) is 21.1 Å². The number of hydrogen-bond acceptors (Lipinski definition) is 10. The molecule has 0 aliphatic carbocycles. The fourth-order valence-corrected chi connectivity index (χ4v) is 7.12. The number of hydroxylamine groups is 2. The van der Waals surface area contributed by atoms with Gasteiger partial charge in [0, 0.05) is 34.7 Å². The molecule has 0 unspecified atom stereocenters. The lowest BCUT2D eigenvalue weighted by molar-refractivity contribution is -0.130. The maximum absolute atomic E-state index is 13.2. The molecule has 330 valence electrons. The zero-order chi connectivity index (χ0) is 44.9. The lowest BCUT2D eigenvalue weighted by Gasteiger charge is -2.12. The molecule has 0 fully saturated rings. The fourth-order valence-electron chi connectivity index (χ4n) is 7.12. The second-order valence-corrected chi connectivity index (χ2v) is 15.1. The molecule has 6 aromatic rings. The second kappa shape index (κ2) is 24.3. The summed E-state index contributed by atoms with van der Waals surface area (Å²) >= 11 is 0. The topological polar surface area (TPSA) is 200 Å². The first-order valence-electron chi connectivity index (χ1n) is 21.4. The van der Waals surface area contributed by atoms with Crippen LogP contribution in [0.4, 0.5) is 0 Å². The van der Waals surface area contributed by atoms with Crippen molar-refractivity contribution in [2.75, 3.05) is 13.2 Å². The van der Waals surface area contributed by atoms with Crippen LogP contribution in [0.2, 0.25) is 0 Å². The van der Waals surface area contributed by atoms with Gasteiger partial charge in [-0.05, 0) is 83.0 Å². The molecule has 14 heteroatoms. The molecule has 0 saturated carbocycles. The molecule has 14 nitrogen and oxygen atoms in total. The number of nitrogens with zero attached hydrogens (tertiary/aromatic N) is 2. The minimum absolute atomic E-state index is 0.291. The third-order valence-corrected chi connectivity index (χ3v) is 10.5. The van der Waals surface area contributed by atoms with E-state index < -0.39 is 0 Å². The monoisotopic (exact) mass is 864 g/mol. The molecule has 0 aliphatic heterocycles. The number of hydrogen-bond donors (Lipinski definition) is 6. The average Bonchev–Trinajstić information content (AvgIpc) is 3.33. The van der Waals surface area contributed by atoms with Crippen LogP contribution in [-0.2, 0) is 9.59 Å². The van der Waals surface area contributed by atoms with Crippen molar-refractivity contribution in [3.8, 4) is 22.6 Å². The van der Waals surface area contributed by atoms with Crippen molar-refractivity contribution in [2.45, 2.75) is 64.2 Å². The zero-order valence-electron chi connectivity index (χ0n) is 35.4. The molecule has 0 saturated heterocycles. The Labute approximate surface area is 371 Å². The van der Waals surface area contributed by atoms with Crippen molar-refractivity contribution in [3.05, 3.63) is 144 Å². The molecule has 0 radical (unpaired) electrons. The summed E-state index contributed by atoms with van der Waals surface area (Å²) in [4.78, 5) is 48.7. The Morgan fingerprint density at radius 2 is 0.828 bits per heavy atom. The molecular weight excluding hydrogens is 813 g/mol. The molecular formula is C50H52N6O8. The second-order valence-electron chi connectivity index (χ2n) is 15.1. The van der Waals surface area contributed by atoms with Crippen molar-refractivity contribution < 1.29 is 39.1 Å². The summed E-state index contributed by atoms with van der Waals surface area (Å²) in [6.07, 6.45) is 10.3. The average molecular weight is 865 g/mol. The van der Waals surface area contributed by atoms with Gasteiger partial charge < -0.3 is 9.47 Å². The van der Waals surface area contributed by atoms with Crippen LogP contribution in [0, 0.1) is 0 Å². The van der Waals surface area contributed by atoms with Crippen LogP contribution in [0.15, 0.2) is 132 Å². The minimum atomic E-state index is -0.380. The number of fused-ring (bicyclic) bond motifs is 2. The molecule has 64 heavy (non-hydrogen) atoms. The van der Waals surface area contributed by atoms with Crippen LogP contribution >= 0.6 is 0 Å². The molecule has 6 aromatic carbocycles. The van der Waals surface area contributed by atoms with Crippen LogP contribution in [0.1, 0.15) is 96.1 Å². The fraction of sp³-hybridized carbons (Fsp3) is 0.240. The van der Waals surface area contributed by atoms with Gasteiger partial charge in [-0.2, -0.15) is 10.2 Å². The Hall–Kier alpha value is -7.42. The van der Waals surface area contributed by atoms with Gasteiger partial charge in [0.05, 0.1) is 25.6 Å². The van der Waals surface area contributed by atoms with Gasteiger partial charge in [-0.15, -0.1) is 0 Å². The van der Waals surface area contributed by atoms with Gasteiger partial charge in [0.25, 0.3) is 11.8 Å². The SMILES string of the molecule is O=C(CCCCCCOc1ccc(C(=O)N/N=C/c2ccc(-c3ccc(/C=N/NC(=O)c4ccc(OCCCCCCC(=O)NO)c5ccccc45)cc3)cc2)c2ccccc12)NO. The van der Waals surface area contributed by atoms with E-state index in [0.29, 0.717) is 61.5 Å². The number of carbonyl (C=O) groups excluding carboxylic acids is 4. The van der Waals surface area contributed by atoms with Crippen LogP contribution in [-0.4, -0.2) is 59.7 Å². The van der Waals surface area contributed by atoms with Crippen LogP contribution in [0.5, 0.6) is 11.5 Å². The van der Waals surface area contributed by atoms with E-state index in [0.717, 1.165) is 82.3 Å². The van der Waals surface area contributed by atoms with Crippen molar-refractivity contribution in [3.63, 3.8) is 0 Å². The van der Waals surface area contributed by atoms with E-state index in [9.17, 15) is 19.2 Å². The summed E-state index contributed by atoms with van der Waals surface area (Å²) in [5, 5.41) is 28.8. The smallest absolute Gasteiger partial charge is 0.271 e. The lowest BCUT2D eigenvalue weighted by atomic mass is 10.0. The molecule has 6 N–H and O–H groups in total. The number of rotatable bonds is 23. The first-order chi connectivity index (χ1) is 31.3. The number of amides is 4. The first kappa shape index (κ1) is 46.1. The normalized spacial score (nSPS) is 11.2. The molecule has 0 heterocycles. The van der Waals surface area contributed by atoms with Crippen LogP contribution in [0.25, 0.3) is 32.7 Å². The van der Waals surface area contributed by atoms with E-state index in [1.54, 1.807) is 47.7 Å². The number of nitrogens with one attached hydrogen (secondary N) is 4. The molecule has 0 spiro atoms. The van der Waals surface area contributed by atoms with Crippen LogP contribution in [0.3, 0.4) is 0 Å². The number of unbranched alkanes of at least 4 members (excludes halogenated alkanes) is 6. The number of hydrazone groups is 2. The summed E-state index contributed by atoms with van der Waals surface area (Å²) in [5.74, 6) is -0.0694. The van der Waals surface area contributed by atoms with Gasteiger partial charge in [-0.1, -0.05) is 123 Å². The van der Waals surface area contributed by atoms with Gasteiger partial charge in [0.1, 0.15) is 11.5 Å². The zero-order valence-corrected chi connectivity index (χ0v) is 35.4. The Bertz CT molecular complexity index is 2400. The Balaban J connectivity index is 0.961. The molecule has 4 amide bonds. The molecule has 6 rings (SSSR count). The predicted molar refractivity (Wildman–Crippen MR) is 247 cm³/mol. The van der Waals surface area contributed by atoms with Crippen molar-refractivity contribution in [2.24, 2.45) is 10.2 Å². The minimum Gasteiger partial charge on any atom is -0.493 e. The quantitative estimate of drug-likeness (QED) is 0.0159. The lowest BCUT2D eigenvalue weighted by Crippen LogP contribution is -2.18. The molecule has 0 aliphatic rings. The van der Waals surface area contributed by atoms with Crippen molar-refractivity contribution in [1.82, 2.24) is 21.8 Å². The third kappa shape index (κ3) is 13.3. The Kier molecular flexibility index (Phi) is 17.5. The maximum Gasteiger partial charge on any atom is 0.271 e. The van der Waals surface area contributed by atoms with Gasteiger partial charge in [-0.3, -0.25) is 29.6 Å². The first-order valence-corrected chi connectivity index (χ1v) is 21.4. The van der Waals surface area contributed by atoms with E-state index in [1.807, 2.05) is 97.1 Å². The molecule has 0 bridgehead atoms. The summed E-state index contributed by atoms with van der Waals surface area (Å²) in [6.45, 7) is 1.00. The number of benzene rings is 6. The Morgan fingerprint density at radius 3 is 1.22 bits per heavy atom. The largest absolute Gasteiger partial charge is 0.493 e. The van der Waals surface area contributed by atoms with Gasteiger partial charge in [-0.25, -0.2) is 21.8 Å². The van der Waals surface area contributed by atoms with E-state index in [1.165, 1.54) is 0 Å². The van der Waals surface area contributed by atoms with Gasteiger partial charge in [0.2, 0.25) is 11.8 Å². The van der Waals surface area contributed by atoms with E-state index in [-0.39, 0.29) is 23.6 Å². The maximum atomic E-state index is 13.2. The van der Waals surface area contributed by atoms with Crippen LogP contribution < -0.4 is 31.3 Å². The summed E-state index contributed by atoms with van der Waals surface area (Å²) in [6, 6.07) is 37.8. The summed E-state index contributed by atoms with van der Waals surface area (Å²) in [7, 11) is 0. The summed E-state index contributed by atoms with van der Waals surface area (Å²) in [5.41, 5.74) is 13.1. The number of ether oxygens (including phenoxy) is 2. The van der Waals surface area contributed by atoms with Crippen molar-refractivity contribution >= 4 is 57.6 Å². The third-order valence-electron chi connectivity index (χ3n) is 10.5. The van der Waals surface area contributed by atoms with Gasteiger partial charge >= 0.3 is 0 Å². The number of carbonyl (C=O) groups is 4. The highest BCUT2D eigenvalue weighted by atomic mass is 16.5. The van der Waals surface area contributed by atoms with E-state index in [4.69, 9.17) is 19.9 Å². The highest BCUT2D eigenvalue weighted by Crippen LogP contribution is 2.30. The summed E-state index contributed by atoms with van der Waals surface area (Å²) < 4.78 is 12.1. The van der Waals surface area contributed by atoms with Crippen molar-refractivity contribution in [1.29, 1.82) is 0 Å². The van der Waals surface area contributed by atoms with E-state index >= 15 is 0 Å². The highest BCUT2D eigenvalue weighted by molar-refractivity contribution is 6.09. The highest BCUT2D eigenvalue weighted by Gasteiger charge is 2.14.